The molecule has 29 heavy (non-hydrogen) atoms. The smallest absolute Gasteiger partial charge is 0.280 e. The molecular weight excluding hydrogens is 370 g/mol. The van der Waals surface area contributed by atoms with E-state index in [0.717, 1.165) is 56.6 Å². The molecule has 4 rings (SSSR count). The minimum atomic E-state index is -0.742. The first-order chi connectivity index (χ1) is 14.2. The average molecular weight is 399 g/mol. The van der Waals surface area contributed by atoms with E-state index in [-0.39, 0.29) is 25.4 Å². The van der Waals surface area contributed by atoms with Crippen LogP contribution >= 0.6 is 0 Å². The maximum atomic E-state index is 13.3. The highest BCUT2D eigenvalue weighted by molar-refractivity contribution is 6.02. The summed E-state index contributed by atoms with van der Waals surface area (Å²) in [6, 6.07) is 5.14. The molecule has 3 aliphatic rings. The number of nitrogens with one attached hydrogen (secondary N) is 1. The summed E-state index contributed by atoms with van der Waals surface area (Å²) >= 11 is 0. The molecule has 1 aromatic rings. The van der Waals surface area contributed by atoms with E-state index >= 15 is 0 Å². The lowest BCUT2D eigenvalue weighted by atomic mass is 9.71. The predicted molar refractivity (Wildman–Crippen MR) is 109 cm³/mol. The number of carbonyl (C=O) groups excluding carboxylic acids is 3. The van der Waals surface area contributed by atoms with Gasteiger partial charge in [0.15, 0.2) is 0 Å². The average Bonchev–Trinajstić information content (AvgIpc) is 2.76. The normalized spacial score (nSPS) is 22.3. The molecule has 0 radical (unpaired) electrons. The summed E-state index contributed by atoms with van der Waals surface area (Å²) in [5.74, 6) is -0.285. The van der Waals surface area contributed by atoms with E-state index in [1.165, 1.54) is 17.9 Å². The number of aldehydes is 2. The lowest BCUT2D eigenvalue weighted by Gasteiger charge is -2.46. The molecular formula is C22H29N3O4. The summed E-state index contributed by atoms with van der Waals surface area (Å²) in [6.07, 6.45) is 6.68. The summed E-state index contributed by atoms with van der Waals surface area (Å²) in [5, 5.41) is 4.62. The van der Waals surface area contributed by atoms with E-state index in [0.29, 0.717) is 17.3 Å². The van der Waals surface area contributed by atoms with Gasteiger partial charge >= 0.3 is 0 Å². The Bertz CT molecular complexity index is 765. The molecule has 2 saturated heterocycles. The number of piperidine rings is 2. The standard InChI is InChI=1S/C22H29N3O4/c26-14-2-4-18(15-27)25-21(28)20-17(16-29-25)3-1-5-19(20)24-12-8-22(9-13-24)6-10-23-11-7-22/h1,3,5,14-15,18,23H,2,4,6-13,16H2. The van der Waals surface area contributed by atoms with E-state index in [9.17, 15) is 14.4 Å². The number of amides is 1. The number of fused-ring (bicyclic) bond motifs is 1. The number of nitrogens with zero attached hydrogens (tertiary/aromatic N) is 2. The van der Waals surface area contributed by atoms with Crippen LogP contribution in [0.1, 0.15) is 54.4 Å². The van der Waals surface area contributed by atoms with Crippen molar-refractivity contribution in [1.29, 1.82) is 0 Å². The van der Waals surface area contributed by atoms with Crippen LogP contribution in [0.3, 0.4) is 0 Å². The molecule has 0 saturated carbocycles. The van der Waals surface area contributed by atoms with Gasteiger partial charge < -0.3 is 19.8 Å². The minimum Gasteiger partial charge on any atom is -0.371 e. The van der Waals surface area contributed by atoms with E-state index in [2.05, 4.69) is 10.2 Å². The Labute approximate surface area is 171 Å². The summed E-state index contributed by atoms with van der Waals surface area (Å²) < 4.78 is 0. The van der Waals surface area contributed by atoms with Crippen molar-refractivity contribution in [2.75, 3.05) is 31.1 Å². The third-order valence-electron chi connectivity index (χ3n) is 6.77. The highest BCUT2D eigenvalue weighted by atomic mass is 16.7. The van der Waals surface area contributed by atoms with Gasteiger partial charge in [-0.3, -0.25) is 9.63 Å². The van der Waals surface area contributed by atoms with Crippen molar-refractivity contribution in [2.24, 2.45) is 5.41 Å². The van der Waals surface area contributed by atoms with E-state index in [1.807, 2.05) is 18.2 Å². The van der Waals surface area contributed by atoms with Crippen LogP contribution in [0.4, 0.5) is 5.69 Å². The van der Waals surface area contributed by atoms with Gasteiger partial charge in [-0.15, -0.1) is 0 Å². The Morgan fingerprint density at radius 2 is 1.90 bits per heavy atom. The maximum Gasteiger partial charge on any atom is 0.280 e. The molecule has 1 amide bonds. The summed E-state index contributed by atoms with van der Waals surface area (Å²) in [5.41, 5.74) is 2.86. The fourth-order valence-corrected chi connectivity index (χ4v) is 4.93. The molecule has 0 aliphatic carbocycles. The summed E-state index contributed by atoms with van der Waals surface area (Å²) in [4.78, 5) is 43.4. The Kier molecular flexibility index (Phi) is 5.96. The van der Waals surface area contributed by atoms with Gasteiger partial charge in [-0.1, -0.05) is 12.1 Å². The van der Waals surface area contributed by atoms with Crippen molar-refractivity contribution >= 4 is 24.2 Å². The molecule has 3 aliphatic heterocycles. The fraction of sp³-hybridized carbons (Fsp3) is 0.591. The van der Waals surface area contributed by atoms with Crippen molar-refractivity contribution < 1.29 is 19.2 Å². The third kappa shape index (κ3) is 3.94. The van der Waals surface area contributed by atoms with Gasteiger partial charge in [0.05, 0.1) is 5.56 Å². The van der Waals surface area contributed by atoms with Crippen LogP contribution in [-0.2, 0) is 21.0 Å². The predicted octanol–water partition coefficient (Wildman–Crippen LogP) is 2.09. The van der Waals surface area contributed by atoms with E-state index < -0.39 is 6.04 Å². The van der Waals surface area contributed by atoms with Crippen molar-refractivity contribution in [1.82, 2.24) is 10.4 Å². The van der Waals surface area contributed by atoms with Gasteiger partial charge in [0.25, 0.3) is 5.91 Å². The number of hydrogen-bond acceptors (Lipinski definition) is 6. The van der Waals surface area contributed by atoms with E-state index in [4.69, 9.17) is 4.84 Å². The zero-order valence-electron chi connectivity index (χ0n) is 16.8. The third-order valence-corrected chi connectivity index (χ3v) is 6.77. The molecule has 2 fully saturated rings. The van der Waals surface area contributed by atoms with Crippen molar-refractivity contribution in [3.8, 4) is 0 Å². The van der Waals surface area contributed by atoms with Crippen LogP contribution in [0.2, 0.25) is 0 Å². The maximum absolute atomic E-state index is 13.3. The van der Waals surface area contributed by atoms with Crippen molar-refractivity contribution in [2.45, 2.75) is 51.2 Å². The molecule has 7 nitrogen and oxygen atoms in total. The lowest BCUT2D eigenvalue weighted by Crippen LogP contribution is -2.47. The molecule has 156 valence electrons. The zero-order chi connectivity index (χ0) is 20.3. The minimum absolute atomic E-state index is 0.216. The van der Waals surface area contributed by atoms with Crippen LogP contribution in [-0.4, -0.2) is 55.8 Å². The van der Waals surface area contributed by atoms with Gasteiger partial charge in [0.1, 0.15) is 25.2 Å². The summed E-state index contributed by atoms with van der Waals surface area (Å²) in [7, 11) is 0. The van der Waals surface area contributed by atoms with Gasteiger partial charge in [0, 0.05) is 25.2 Å². The summed E-state index contributed by atoms with van der Waals surface area (Å²) in [6.45, 7) is 4.32. The van der Waals surface area contributed by atoms with Crippen LogP contribution in [0.25, 0.3) is 0 Å². The number of carbonyl (C=O) groups is 3. The van der Waals surface area contributed by atoms with Crippen LogP contribution < -0.4 is 10.2 Å². The molecule has 0 bridgehead atoms. The Morgan fingerprint density at radius 3 is 2.59 bits per heavy atom. The van der Waals surface area contributed by atoms with Crippen LogP contribution in [0, 0.1) is 5.41 Å². The molecule has 1 spiro atoms. The lowest BCUT2D eigenvalue weighted by molar-refractivity contribution is -0.168. The van der Waals surface area contributed by atoms with Crippen LogP contribution in [0.5, 0.6) is 0 Å². The van der Waals surface area contributed by atoms with Crippen LogP contribution in [0.15, 0.2) is 18.2 Å². The quantitative estimate of drug-likeness (QED) is 0.738. The second-order valence-corrected chi connectivity index (χ2v) is 8.40. The molecule has 1 atom stereocenters. The number of benzene rings is 1. The second kappa shape index (κ2) is 8.63. The van der Waals surface area contributed by atoms with Gasteiger partial charge in [-0.2, -0.15) is 0 Å². The molecule has 1 aromatic carbocycles. The highest BCUT2D eigenvalue weighted by Crippen LogP contribution is 2.42. The SMILES string of the molecule is O=CCCC(C=O)N1OCc2cccc(N3CCC4(CCNCC4)CC3)c2C1=O. The van der Waals surface area contributed by atoms with Crippen molar-refractivity contribution in [3.05, 3.63) is 29.3 Å². The number of anilines is 1. The molecule has 0 aromatic heterocycles. The second-order valence-electron chi connectivity index (χ2n) is 8.40. The molecule has 1 unspecified atom stereocenters. The van der Waals surface area contributed by atoms with Gasteiger partial charge in [-0.05, 0) is 62.2 Å². The topological polar surface area (TPSA) is 79.0 Å². The molecule has 7 heteroatoms. The number of hydroxylamine groups is 2. The van der Waals surface area contributed by atoms with Gasteiger partial charge in [-0.25, -0.2) is 5.06 Å². The Balaban J connectivity index is 1.54. The number of rotatable bonds is 6. The fourth-order valence-electron chi connectivity index (χ4n) is 4.93. The van der Waals surface area contributed by atoms with Gasteiger partial charge in [0.2, 0.25) is 0 Å². The molecule has 1 N–H and O–H groups in total. The largest absolute Gasteiger partial charge is 0.371 e. The first kappa shape index (κ1) is 20.0. The Hall–Kier alpha value is -2.25. The highest BCUT2D eigenvalue weighted by Gasteiger charge is 2.38. The molecule has 3 heterocycles. The number of hydrogen-bond donors (Lipinski definition) is 1. The monoisotopic (exact) mass is 399 g/mol. The zero-order valence-corrected chi connectivity index (χ0v) is 16.8. The first-order valence-electron chi connectivity index (χ1n) is 10.6. The Morgan fingerprint density at radius 1 is 1.14 bits per heavy atom. The first-order valence-corrected chi connectivity index (χ1v) is 10.6. The van der Waals surface area contributed by atoms with E-state index in [1.54, 1.807) is 0 Å². The van der Waals surface area contributed by atoms with Crippen molar-refractivity contribution in [3.63, 3.8) is 0 Å².